The van der Waals surface area contributed by atoms with Gasteiger partial charge in [0.15, 0.2) is 5.82 Å². The molecule has 0 saturated carbocycles. The maximum atomic E-state index is 6.31. The molecule has 2 N–H and O–H groups in total. The molecular formula is C15H17N3OS. The fourth-order valence-corrected chi connectivity index (χ4v) is 3.04. The van der Waals surface area contributed by atoms with E-state index in [2.05, 4.69) is 27.7 Å². The van der Waals surface area contributed by atoms with Gasteiger partial charge in [0, 0.05) is 10.1 Å². The minimum Gasteiger partial charge on any atom is -0.339 e. The van der Waals surface area contributed by atoms with Crippen LogP contribution in [0.3, 0.4) is 0 Å². The van der Waals surface area contributed by atoms with E-state index in [1.54, 1.807) is 11.3 Å². The predicted molar refractivity (Wildman–Crippen MR) is 80.9 cm³/mol. The standard InChI is InChI=1S/C15H17N3OS/c1-15(2,3)14-17-13(18-19-14)12(16)10-8-20-11-7-5-4-6-9(10)11/h4-8,12H,16H2,1-3H3. The largest absolute Gasteiger partial charge is 0.339 e. The molecule has 2 heterocycles. The maximum absolute atomic E-state index is 6.31. The van der Waals surface area contributed by atoms with Gasteiger partial charge in [0.05, 0.1) is 6.04 Å². The van der Waals surface area contributed by atoms with E-state index in [0.29, 0.717) is 11.7 Å². The summed E-state index contributed by atoms with van der Waals surface area (Å²) in [7, 11) is 0. The molecule has 4 nitrogen and oxygen atoms in total. The molecule has 0 aliphatic carbocycles. The van der Waals surface area contributed by atoms with Crippen molar-refractivity contribution >= 4 is 21.4 Å². The SMILES string of the molecule is CC(C)(C)c1nc(C(N)c2csc3ccccc23)no1. The summed E-state index contributed by atoms with van der Waals surface area (Å²) in [5, 5.41) is 7.27. The van der Waals surface area contributed by atoms with Gasteiger partial charge in [0.1, 0.15) is 0 Å². The third-order valence-electron chi connectivity index (χ3n) is 3.21. The van der Waals surface area contributed by atoms with Crippen molar-refractivity contribution in [2.75, 3.05) is 0 Å². The second-order valence-corrected chi connectivity index (χ2v) is 6.78. The molecule has 0 saturated heterocycles. The first-order valence-electron chi connectivity index (χ1n) is 6.52. The van der Waals surface area contributed by atoms with Gasteiger partial charge in [-0.15, -0.1) is 11.3 Å². The van der Waals surface area contributed by atoms with Crippen molar-refractivity contribution in [3.8, 4) is 0 Å². The molecule has 3 aromatic rings. The van der Waals surface area contributed by atoms with Crippen molar-refractivity contribution in [1.29, 1.82) is 0 Å². The molecule has 0 spiro atoms. The molecule has 1 aromatic carbocycles. The summed E-state index contributed by atoms with van der Waals surface area (Å²) in [5.41, 5.74) is 7.19. The predicted octanol–water partition coefficient (Wildman–Crippen LogP) is 3.63. The lowest BCUT2D eigenvalue weighted by Crippen LogP contribution is -2.15. The highest BCUT2D eigenvalue weighted by Gasteiger charge is 2.25. The van der Waals surface area contributed by atoms with Gasteiger partial charge in [-0.05, 0) is 22.4 Å². The zero-order valence-electron chi connectivity index (χ0n) is 11.8. The highest BCUT2D eigenvalue weighted by molar-refractivity contribution is 7.17. The number of hydrogen-bond donors (Lipinski definition) is 1. The number of nitrogens with zero attached hydrogens (tertiary/aromatic N) is 2. The van der Waals surface area contributed by atoms with E-state index < -0.39 is 0 Å². The second-order valence-electron chi connectivity index (χ2n) is 5.87. The first-order chi connectivity index (χ1) is 9.47. The molecule has 0 radical (unpaired) electrons. The number of thiophene rings is 1. The number of fused-ring (bicyclic) bond motifs is 1. The highest BCUT2D eigenvalue weighted by Crippen LogP contribution is 2.32. The van der Waals surface area contributed by atoms with E-state index in [9.17, 15) is 0 Å². The van der Waals surface area contributed by atoms with Crippen molar-refractivity contribution in [2.45, 2.75) is 32.2 Å². The van der Waals surface area contributed by atoms with E-state index in [0.717, 1.165) is 10.9 Å². The van der Waals surface area contributed by atoms with Crippen LogP contribution in [0.4, 0.5) is 0 Å². The van der Waals surface area contributed by atoms with Crippen molar-refractivity contribution in [3.63, 3.8) is 0 Å². The van der Waals surface area contributed by atoms with Gasteiger partial charge in [0.25, 0.3) is 0 Å². The molecule has 0 aliphatic heterocycles. The number of nitrogens with two attached hydrogens (primary N) is 1. The van der Waals surface area contributed by atoms with Crippen LogP contribution < -0.4 is 5.73 Å². The average Bonchev–Trinajstić information content (AvgIpc) is 3.04. The summed E-state index contributed by atoms with van der Waals surface area (Å²) in [6, 6.07) is 7.85. The monoisotopic (exact) mass is 287 g/mol. The van der Waals surface area contributed by atoms with Crippen LogP contribution in [-0.2, 0) is 5.41 Å². The first-order valence-corrected chi connectivity index (χ1v) is 7.40. The molecule has 5 heteroatoms. The Balaban J connectivity index is 2.00. The van der Waals surface area contributed by atoms with Crippen molar-refractivity contribution in [3.05, 3.63) is 46.9 Å². The van der Waals surface area contributed by atoms with Crippen LogP contribution in [-0.4, -0.2) is 10.1 Å². The lowest BCUT2D eigenvalue weighted by molar-refractivity contribution is 0.317. The first kappa shape index (κ1) is 13.3. The Morgan fingerprint density at radius 2 is 2.00 bits per heavy atom. The molecule has 0 fully saturated rings. The lowest BCUT2D eigenvalue weighted by Gasteiger charge is -2.10. The fraction of sp³-hybridized carbons (Fsp3) is 0.333. The van der Waals surface area contributed by atoms with Crippen molar-refractivity contribution < 1.29 is 4.52 Å². The van der Waals surface area contributed by atoms with Gasteiger partial charge in [-0.2, -0.15) is 4.98 Å². The molecule has 0 amide bonds. The number of hydrogen-bond acceptors (Lipinski definition) is 5. The van der Waals surface area contributed by atoms with E-state index in [4.69, 9.17) is 10.3 Å². The maximum Gasteiger partial charge on any atom is 0.232 e. The summed E-state index contributed by atoms with van der Waals surface area (Å²) in [5.74, 6) is 1.15. The molecule has 1 unspecified atom stereocenters. The normalized spacial score (nSPS) is 13.8. The zero-order valence-corrected chi connectivity index (χ0v) is 12.6. The third-order valence-corrected chi connectivity index (χ3v) is 4.19. The van der Waals surface area contributed by atoms with E-state index in [1.165, 1.54) is 4.70 Å². The molecule has 2 aromatic heterocycles. The molecule has 104 valence electrons. The molecule has 20 heavy (non-hydrogen) atoms. The van der Waals surface area contributed by atoms with Crippen molar-refractivity contribution in [2.24, 2.45) is 5.73 Å². The van der Waals surface area contributed by atoms with Gasteiger partial charge in [-0.3, -0.25) is 0 Å². The second kappa shape index (κ2) is 4.68. The third kappa shape index (κ3) is 2.23. The number of aromatic nitrogens is 2. The van der Waals surface area contributed by atoms with E-state index >= 15 is 0 Å². The van der Waals surface area contributed by atoms with Crippen LogP contribution in [0.1, 0.15) is 44.1 Å². The summed E-state index contributed by atoms with van der Waals surface area (Å²) >= 11 is 1.68. The molecule has 1 atom stereocenters. The molecule has 3 rings (SSSR count). The Labute approximate surface area is 121 Å². The Kier molecular flexibility index (Phi) is 3.11. The zero-order chi connectivity index (χ0) is 14.3. The smallest absolute Gasteiger partial charge is 0.232 e. The Bertz CT molecular complexity index is 739. The quantitative estimate of drug-likeness (QED) is 0.781. The minimum atomic E-state index is -0.356. The van der Waals surface area contributed by atoms with Crippen LogP contribution in [0.2, 0.25) is 0 Å². The van der Waals surface area contributed by atoms with Gasteiger partial charge in [-0.25, -0.2) is 0 Å². The summed E-state index contributed by atoms with van der Waals surface area (Å²) in [4.78, 5) is 4.45. The molecule has 0 bridgehead atoms. The van der Waals surface area contributed by atoms with E-state index in [1.807, 2.05) is 32.9 Å². The Hall–Kier alpha value is -1.72. The molecule has 0 aliphatic rings. The summed E-state index contributed by atoms with van der Waals surface area (Å²) in [6.45, 7) is 6.11. The van der Waals surface area contributed by atoms with Crippen LogP contribution in [0.5, 0.6) is 0 Å². The van der Waals surface area contributed by atoms with Crippen LogP contribution in [0, 0.1) is 0 Å². The van der Waals surface area contributed by atoms with Gasteiger partial charge in [-0.1, -0.05) is 44.1 Å². The average molecular weight is 287 g/mol. The molecular weight excluding hydrogens is 270 g/mol. The number of rotatable bonds is 2. The fourth-order valence-electron chi connectivity index (χ4n) is 2.04. The van der Waals surface area contributed by atoms with Crippen LogP contribution in [0.25, 0.3) is 10.1 Å². The van der Waals surface area contributed by atoms with Crippen molar-refractivity contribution in [1.82, 2.24) is 10.1 Å². The highest BCUT2D eigenvalue weighted by atomic mass is 32.1. The van der Waals surface area contributed by atoms with Gasteiger partial charge in [0.2, 0.25) is 5.89 Å². The van der Waals surface area contributed by atoms with Gasteiger partial charge >= 0.3 is 0 Å². The van der Waals surface area contributed by atoms with Crippen LogP contribution >= 0.6 is 11.3 Å². The Morgan fingerprint density at radius 1 is 1.25 bits per heavy atom. The summed E-state index contributed by atoms with van der Waals surface area (Å²) < 4.78 is 6.54. The summed E-state index contributed by atoms with van der Waals surface area (Å²) in [6.07, 6.45) is 0. The topological polar surface area (TPSA) is 64.9 Å². The van der Waals surface area contributed by atoms with Crippen LogP contribution in [0.15, 0.2) is 34.2 Å². The Morgan fingerprint density at radius 3 is 2.70 bits per heavy atom. The van der Waals surface area contributed by atoms with E-state index in [-0.39, 0.29) is 11.5 Å². The van der Waals surface area contributed by atoms with Gasteiger partial charge < -0.3 is 10.3 Å². The minimum absolute atomic E-state index is 0.165. The number of benzene rings is 1. The lowest BCUT2D eigenvalue weighted by atomic mass is 9.97.